The van der Waals surface area contributed by atoms with E-state index in [4.69, 9.17) is 19.0 Å². The number of nitrogens with zero attached hydrogens (tertiary/aromatic N) is 1. The Bertz CT molecular complexity index is 589. The maximum absolute atomic E-state index is 15.8. The normalized spacial score (nSPS) is 13.6. The number of hydrogen-bond donors (Lipinski definition) is 0. The van der Waals surface area contributed by atoms with Crippen LogP contribution in [-0.4, -0.2) is 49.0 Å². The number of rotatable bonds is 8. The van der Waals surface area contributed by atoms with Gasteiger partial charge in [-0.2, -0.15) is 0 Å². The first-order valence-corrected chi connectivity index (χ1v) is 8.19. The highest BCUT2D eigenvalue weighted by atomic mass is 19.1. The number of hydrogen-bond acceptors (Lipinski definition) is 6. The third-order valence-electron chi connectivity index (χ3n) is 3.05. The molecule has 1 atom stereocenters. The number of carbonyl (C=O) groups is 2. The number of carbonyl (C=O) groups excluding carboxylic acids is 2. The second kappa shape index (κ2) is 9.49. The van der Waals surface area contributed by atoms with Gasteiger partial charge in [-0.3, -0.25) is 0 Å². The molecule has 0 fully saturated rings. The Morgan fingerprint density at radius 2 is 1.77 bits per heavy atom. The summed E-state index contributed by atoms with van der Waals surface area (Å²) in [6, 6.07) is 8.37. The van der Waals surface area contributed by atoms with E-state index in [-0.39, 0.29) is 11.7 Å². The summed E-state index contributed by atoms with van der Waals surface area (Å²) in [5, 5.41) is 0.243. The first kappa shape index (κ1) is 21.9. The van der Waals surface area contributed by atoms with Gasteiger partial charge in [-0.1, -0.05) is 30.3 Å². The third kappa shape index (κ3) is 6.27. The van der Waals surface area contributed by atoms with E-state index in [0.717, 1.165) is 0 Å². The van der Waals surface area contributed by atoms with Crippen LogP contribution in [0.3, 0.4) is 0 Å². The van der Waals surface area contributed by atoms with E-state index in [1.165, 1.54) is 14.0 Å². The van der Waals surface area contributed by atoms with Gasteiger partial charge in [-0.15, -0.1) is 5.06 Å². The highest BCUT2D eigenvalue weighted by molar-refractivity contribution is 5.84. The summed E-state index contributed by atoms with van der Waals surface area (Å²) in [4.78, 5) is 29.9. The minimum atomic E-state index is -2.93. The molecule has 146 valence electrons. The summed E-state index contributed by atoms with van der Waals surface area (Å²) >= 11 is 0. The molecule has 1 aromatic rings. The van der Waals surface area contributed by atoms with Gasteiger partial charge in [0, 0.05) is 13.5 Å². The zero-order chi connectivity index (χ0) is 19.8. The van der Waals surface area contributed by atoms with Crippen LogP contribution < -0.4 is 0 Å². The fraction of sp³-hybridized carbons (Fsp3) is 0.556. The smallest absolute Gasteiger partial charge is 0.438 e. The van der Waals surface area contributed by atoms with Crippen LogP contribution >= 0.6 is 0 Å². The summed E-state index contributed by atoms with van der Waals surface area (Å²) in [6.07, 6.45) is -1.64. The maximum atomic E-state index is 15.8. The molecular weight excluding hydrogens is 345 g/mol. The van der Waals surface area contributed by atoms with Gasteiger partial charge in [-0.25, -0.2) is 18.8 Å². The number of ether oxygens (including phenoxy) is 3. The van der Waals surface area contributed by atoms with Gasteiger partial charge >= 0.3 is 17.9 Å². The Morgan fingerprint density at radius 1 is 1.15 bits per heavy atom. The number of alkyl halides is 1. The Balaban J connectivity index is 3.26. The standard InChI is InChI=1S/C18H26FNO6/c1-6-24-15(21)18(19,12-14-10-8-7-9-11-14)20(25-13-23-5)16(22)26-17(2,3)4/h7-11H,6,12-13H2,1-5H3/t18-/m1/s1. The second-order valence-corrected chi connectivity index (χ2v) is 6.45. The zero-order valence-electron chi connectivity index (χ0n) is 15.8. The topological polar surface area (TPSA) is 74.3 Å². The van der Waals surface area contributed by atoms with Crippen molar-refractivity contribution < 1.29 is 33.0 Å². The van der Waals surface area contributed by atoms with Gasteiger partial charge < -0.3 is 14.2 Å². The summed E-state index contributed by atoms with van der Waals surface area (Å²) in [6.45, 7) is 5.85. The molecule has 0 N–H and O–H groups in total. The zero-order valence-corrected chi connectivity index (χ0v) is 15.8. The SMILES string of the molecule is CCOC(=O)[C@@](F)(Cc1ccccc1)N(OCOC)C(=O)OC(C)(C)C. The third-order valence-corrected chi connectivity index (χ3v) is 3.05. The molecule has 1 amide bonds. The molecule has 0 saturated heterocycles. The molecule has 8 heteroatoms. The molecular formula is C18H26FNO6. The molecule has 0 bridgehead atoms. The predicted octanol–water partition coefficient (Wildman–Crippen LogP) is 3.23. The monoisotopic (exact) mass is 371 g/mol. The van der Waals surface area contributed by atoms with Gasteiger partial charge in [0.15, 0.2) is 6.79 Å². The lowest BCUT2D eigenvalue weighted by molar-refractivity contribution is -0.276. The number of hydroxylamine groups is 2. The lowest BCUT2D eigenvalue weighted by atomic mass is 10.0. The quantitative estimate of drug-likeness (QED) is 0.302. The minimum absolute atomic E-state index is 0.0638. The van der Waals surface area contributed by atoms with Crippen LogP contribution in [0.4, 0.5) is 9.18 Å². The molecule has 0 aliphatic rings. The molecule has 1 aromatic carbocycles. The van der Waals surface area contributed by atoms with Crippen molar-refractivity contribution in [3.63, 3.8) is 0 Å². The van der Waals surface area contributed by atoms with Crippen LogP contribution in [0, 0.1) is 0 Å². The van der Waals surface area contributed by atoms with E-state index >= 15 is 4.39 Å². The van der Waals surface area contributed by atoms with Crippen molar-refractivity contribution in [2.75, 3.05) is 20.5 Å². The molecule has 0 spiro atoms. The van der Waals surface area contributed by atoms with Crippen LogP contribution in [0.15, 0.2) is 30.3 Å². The Hall–Kier alpha value is -2.19. The number of amides is 1. The van der Waals surface area contributed by atoms with Crippen molar-refractivity contribution in [3.05, 3.63) is 35.9 Å². The Morgan fingerprint density at radius 3 is 2.27 bits per heavy atom. The number of esters is 1. The lowest BCUT2D eigenvalue weighted by Gasteiger charge is -2.34. The minimum Gasteiger partial charge on any atom is -0.462 e. The molecule has 0 heterocycles. The Kier molecular flexibility index (Phi) is 7.98. The maximum Gasteiger partial charge on any atom is 0.438 e. The van der Waals surface area contributed by atoms with Crippen molar-refractivity contribution >= 4 is 12.1 Å². The average molecular weight is 371 g/mol. The molecule has 7 nitrogen and oxygen atoms in total. The predicted molar refractivity (Wildman–Crippen MR) is 91.7 cm³/mol. The number of benzene rings is 1. The van der Waals surface area contributed by atoms with E-state index in [1.807, 2.05) is 0 Å². The molecule has 26 heavy (non-hydrogen) atoms. The molecule has 0 radical (unpaired) electrons. The van der Waals surface area contributed by atoms with Gasteiger partial charge in [0.25, 0.3) is 0 Å². The second-order valence-electron chi connectivity index (χ2n) is 6.45. The van der Waals surface area contributed by atoms with Crippen molar-refractivity contribution in [1.82, 2.24) is 5.06 Å². The van der Waals surface area contributed by atoms with Crippen LogP contribution in [0.2, 0.25) is 0 Å². The van der Waals surface area contributed by atoms with Crippen LogP contribution in [0.25, 0.3) is 0 Å². The largest absolute Gasteiger partial charge is 0.462 e. The molecule has 0 aliphatic heterocycles. The van der Waals surface area contributed by atoms with Crippen molar-refractivity contribution in [2.24, 2.45) is 0 Å². The van der Waals surface area contributed by atoms with Crippen LogP contribution in [0.5, 0.6) is 0 Å². The van der Waals surface area contributed by atoms with Crippen LogP contribution in [0.1, 0.15) is 33.3 Å². The Labute approximate surface area is 152 Å². The first-order chi connectivity index (χ1) is 12.1. The summed E-state index contributed by atoms with van der Waals surface area (Å²) in [7, 11) is 1.30. The van der Waals surface area contributed by atoms with E-state index < -0.39 is 36.7 Å². The fourth-order valence-electron chi connectivity index (χ4n) is 2.04. The molecule has 0 unspecified atom stereocenters. The number of halogens is 1. The highest BCUT2D eigenvalue weighted by Crippen LogP contribution is 2.28. The van der Waals surface area contributed by atoms with Gasteiger partial charge in [0.05, 0.1) is 6.61 Å². The summed E-state index contributed by atoms with van der Waals surface area (Å²) < 4.78 is 30.6. The van der Waals surface area contributed by atoms with Gasteiger partial charge in [0.2, 0.25) is 0 Å². The molecule has 0 saturated carbocycles. The number of methoxy groups -OCH3 is 1. The van der Waals surface area contributed by atoms with E-state index in [1.54, 1.807) is 51.1 Å². The van der Waals surface area contributed by atoms with Crippen LogP contribution in [-0.2, 0) is 30.3 Å². The van der Waals surface area contributed by atoms with E-state index in [0.29, 0.717) is 5.56 Å². The van der Waals surface area contributed by atoms with Gasteiger partial charge in [-0.05, 0) is 33.3 Å². The molecule has 0 aliphatic carbocycles. The highest BCUT2D eigenvalue weighted by Gasteiger charge is 2.52. The molecule has 0 aromatic heterocycles. The summed E-state index contributed by atoms with van der Waals surface area (Å²) in [5.41, 5.74) is -0.453. The average Bonchev–Trinajstić information content (AvgIpc) is 2.54. The van der Waals surface area contributed by atoms with Crippen molar-refractivity contribution in [1.29, 1.82) is 0 Å². The van der Waals surface area contributed by atoms with Crippen molar-refractivity contribution in [3.8, 4) is 0 Å². The van der Waals surface area contributed by atoms with Gasteiger partial charge in [0.1, 0.15) is 5.60 Å². The van der Waals surface area contributed by atoms with E-state index in [9.17, 15) is 9.59 Å². The summed E-state index contributed by atoms with van der Waals surface area (Å²) in [5.74, 6) is -4.19. The van der Waals surface area contributed by atoms with Crippen molar-refractivity contribution in [2.45, 2.75) is 45.5 Å². The van der Waals surface area contributed by atoms with E-state index in [2.05, 4.69) is 0 Å². The first-order valence-electron chi connectivity index (χ1n) is 8.19. The fourth-order valence-corrected chi connectivity index (χ4v) is 2.04. The lowest BCUT2D eigenvalue weighted by Crippen LogP contribution is -2.57. The molecule has 1 rings (SSSR count).